The zero-order valence-corrected chi connectivity index (χ0v) is 10.8. The number of carboxylic acid groups (broad SMARTS) is 1. The Bertz CT molecular complexity index is 492. The maximum atomic E-state index is 10.7. The summed E-state index contributed by atoms with van der Waals surface area (Å²) in [6.45, 7) is 5.86. The monoisotopic (exact) mass is 247 g/mol. The van der Waals surface area contributed by atoms with Gasteiger partial charge in [0.2, 0.25) is 0 Å². The molecule has 1 aromatic rings. The summed E-state index contributed by atoms with van der Waals surface area (Å²) in [6, 6.07) is 3.96. The van der Waals surface area contributed by atoms with E-state index in [9.17, 15) is 4.79 Å². The summed E-state index contributed by atoms with van der Waals surface area (Å²) in [7, 11) is 0. The lowest BCUT2D eigenvalue weighted by atomic mass is 10.1. The Hall–Kier alpha value is -2.09. The van der Waals surface area contributed by atoms with Crippen LogP contribution in [0.5, 0.6) is 0 Å². The molecule has 0 aromatic carbocycles. The van der Waals surface area contributed by atoms with E-state index in [0.29, 0.717) is 24.3 Å². The van der Waals surface area contributed by atoms with Crippen molar-refractivity contribution in [1.29, 1.82) is 5.26 Å². The molecule has 0 fully saturated rings. The molecule has 0 aliphatic heterocycles. The molecule has 96 valence electrons. The first-order valence-electron chi connectivity index (χ1n) is 5.80. The van der Waals surface area contributed by atoms with E-state index in [0.717, 1.165) is 11.3 Å². The van der Waals surface area contributed by atoms with Crippen LogP contribution in [0.2, 0.25) is 0 Å². The number of hydrogen-bond acceptors (Lipinski definition) is 4. The SMILES string of the molecule is Cc1cc(C)c(C#N)c(NCCC(C)C(=O)O)n1. The predicted molar refractivity (Wildman–Crippen MR) is 68.3 cm³/mol. The van der Waals surface area contributed by atoms with Crippen molar-refractivity contribution >= 4 is 11.8 Å². The normalized spacial score (nSPS) is 11.7. The lowest BCUT2D eigenvalue weighted by Crippen LogP contribution is -2.15. The molecular formula is C13H17N3O2. The van der Waals surface area contributed by atoms with Crippen molar-refractivity contribution in [3.05, 3.63) is 22.9 Å². The van der Waals surface area contributed by atoms with Gasteiger partial charge in [-0.2, -0.15) is 5.26 Å². The highest BCUT2D eigenvalue weighted by Gasteiger charge is 2.12. The van der Waals surface area contributed by atoms with Gasteiger partial charge in [0.15, 0.2) is 0 Å². The third-order valence-electron chi connectivity index (χ3n) is 2.75. The van der Waals surface area contributed by atoms with Gasteiger partial charge in [-0.25, -0.2) is 4.98 Å². The molecule has 1 unspecified atom stereocenters. The number of pyridine rings is 1. The van der Waals surface area contributed by atoms with Gasteiger partial charge in [0.1, 0.15) is 11.9 Å². The average molecular weight is 247 g/mol. The fraction of sp³-hybridized carbons (Fsp3) is 0.462. The topological polar surface area (TPSA) is 86.0 Å². The standard InChI is InChI=1S/C13H17N3O2/c1-8(13(17)18)4-5-15-12-11(7-14)9(2)6-10(3)16-12/h6,8H,4-5H2,1-3H3,(H,15,16)(H,17,18). The molecule has 5 heteroatoms. The van der Waals surface area contributed by atoms with Crippen molar-refractivity contribution in [2.75, 3.05) is 11.9 Å². The van der Waals surface area contributed by atoms with Crippen molar-refractivity contribution in [3.8, 4) is 6.07 Å². The van der Waals surface area contributed by atoms with Crippen LogP contribution >= 0.6 is 0 Å². The molecule has 0 aliphatic rings. The zero-order chi connectivity index (χ0) is 13.7. The zero-order valence-electron chi connectivity index (χ0n) is 10.8. The van der Waals surface area contributed by atoms with Crippen molar-refractivity contribution in [3.63, 3.8) is 0 Å². The predicted octanol–water partition coefficient (Wildman–Crippen LogP) is 2.09. The summed E-state index contributed by atoms with van der Waals surface area (Å²) in [5.74, 6) is -0.688. The number of nitrogens with one attached hydrogen (secondary N) is 1. The van der Waals surface area contributed by atoms with Gasteiger partial charge in [-0.3, -0.25) is 4.79 Å². The molecule has 0 saturated carbocycles. The highest BCUT2D eigenvalue weighted by molar-refractivity contribution is 5.69. The van der Waals surface area contributed by atoms with Gasteiger partial charge in [0.25, 0.3) is 0 Å². The highest BCUT2D eigenvalue weighted by Crippen LogP contribution is 2.17. The molecule has 0 amide bonds. The molecule has 0 spiro atoms. The van der Waals surface area contributed by atoms with E-state index < -0.39 is 11.9 Å². The number of carbonyl (C=O) groups is 1. The van der Waals surface area contributed by atoms with Crippen LogP contribution in [0.15, 0.2) is 6.07 Å². The van der Waals surface area contributed by atoms with E-state index in [-0.39, 0.29) is 0 Å². The molecule has 1 rings (SSSR count). The second kappa shape index (κ2) is 6.01. The molecule has 1 aromatic heterocycles. The van der Waals surface area contributed by atoms with E-state index in [1.54, 1.807) is 6.92 Å². The Morgan fingerprint density at radius 3 is 2.83 bits per heavy atom. The lowest BCUT2D eigenvalue weighted by molar-refractivity contribution is -0.141. The second-order valence-corrected chi connectivity index (χ2v) is 4.37. The first kappa shape index (κ1) is 14.0. The van der Waals surface area contributed by atoms with Crippen LogP contribution in [0.1, 0.15) is 30.2 Å². The average Bonchev–Trinajstić information content (AvgIpc) is 2.28. The van der Waals surface area contributed by atoms with Crippen LogP contribution in [0, 0.1) is 31.1 Å². The van der Waals surface area contributed by atoms with Crippen LogP contribution in [0.4, 0.5) is 5.82 Å². The molecular weight excluding hydrogens is 230 g/mol. The van der Waals surface area contributed by atoms with Gasteiger partial charge in [-0.05, 0) is 31.9 Å². The molecule has 1 atom stereocenters. The molecule has 1 heterocycles. The molecule has 2 N–H and O–H groups in total. The minimum absolute atomic E-state index is 0.408. The van der Waals surface area contributed by atoms with Crippen LogP contribution in [0.3, 0.4) is 0 Å². The van der Waals surface area contributed by atoms with E-state index >= 15 is 0 Å². The summed E-state index contributed by atoms with van der Waals surface area (Å²) in [4.78, 5) is 14.9. The quantitative estimate of drug-likeness (QED) is 0.832. The largest absolute Gasteiger partial charge is 0.481 e. The number of hydrogen-bond donors (Lipinski definition) is 2. The van der Waals surface area contributed by atoms with Crippen LogP contribution in [-0.4, -0.2) is 22.6 Å². The second-order valence-electron chi connectivity index (χ2n) is 4.37. The summed E-state index contributed by atoms with van der Waals surface area (Å²) in [5.41, 5.74) is 2.22. The van der Waals surface area contributed by atoms with Gasteiger partial charge in [0, 0.05) is 12.2 Å². The van der Waals surface area contributed by atoms with Crippen molar-refractivity contribution in [2.24, 2.45) is 5.92 Å². The van der Waals surface area contributed by atoms with Gasteiger partial charge in [0.05, 0.1) is 11.5 Å². The minimum Gasteiger partial charge on any atom is -0.481 e. The molecule has 0 bridgehead atoms. The Balaban J connectivity index is 2.73. The number of anilines is 1. The minimum atomic E-state index is -0.814. The Labute approximate surface area is 106 Å². The number of aliphatic carboxylic acids is 1. The van der Waals surface area contributed by atoms with E-state index in [1.807, 2.05) is 19.9 Å². The summed E-state index contributed by atoms with van der Waals surface area (Å²) >= 11 is 0. The summed E-state index contributed by atoms with van der Waals surface area (Å²) in [5, 5.41) is 20.9. The first-order valence-corrected chi connectivity index (χ1v) is 5.80. The summed E-state index contributed by atoms with van der Waals surface area (Å²) in [6.07, 6.45) is 0.495. The van der Waals surface area contributed by atoms with Crippen LogP contribution in [0.25, 0.3) is 0 Å². The number of nitrogens with zero attached hydrogens (tertiary/aromatic N) is 2. The maximum Gasteiger partial charge on any atom is 0.306 e. The number of aryl methyl sites for hydroxylation is 2. The van der Waals surface area contributed by atoms with Gasteiger partial charge >= 0.3 is 5.97 Å². The first-order chi connectivity index (χ1) is 8.45. The molecule has 0 radical (unpaired) electrons. The lowest BCUT2D eigenvalue weighted by Gasteiger charge is -2.11. The Morgan fingerprint density at radius 2 is 2.28 bits per heavy atom. The maximum absolute atomic E-state index is 10.7. The van der Waals surface area contributed by atoms with Gasteiger partial charge < -0.3 is 10.4 Å². The fourth-order valence-electron chi connectivity index (χ4n) is 1.64. The third-order valence-corrected chi connectivity index (χ3v) is 2.75. The third kappa shape index (κ3) is 3.45. The van der Waals surface area contributed by atoms with E-state index in [4.69, 9.17) is 10.4 Å². The molecule has 18 heavy (non-hydrogen) atoms. The van der Waals surface area contributed by atoms with Crippen molar-refractivity contribution in [1.82, 2.24) is 4.98 Å². The van der Waals surface area contributed by atoms with E-state index in [2.05, 4.69) is 16.4 Å². The smallest absolute Gasteiger partial charge is 0.306 e. The van der Waals surface area contributed by atoms with E-state index in [1.165, 1.54) is 0 Å². The number of rotatable bonds is 5. The number of aromatic nitrogens is 1. The Morgan fingerprint density at radius 1 is 1.61 bits per heavy atom. The summed E-state index contributed by atoms with van der Waals surface area (Å²) < 4.78 is 0. The number of nitriles is 1. The van der Waals surface area contributed by atoms with Crippen molar-refractivity contribution < 1.29 is 9.90 Å². The number of carboxylic acids is 1. The molecule has 5 nitrogen and oxygen atoms in total. The van der Waals surface area contributed by atoms with Crippen LogP contribution < -0.4 is 5.32 Å². The molecule has 0 saturated heterocycles. The molecule has 0 aliphatic carbocycles. The van der Waals surface area contributed by atoms with Crippen molar-refractivity contribution in [2.45, 2.75) is 27.2 Å². The highest BCUT2D eigenvalue weighted by atomic mass is 16.4. The fourth-order valence-corrected chi connectivity index (χ4v) is 1.64. The Kier molecular flexibility index (Phi) is 4.67. The van der Waals surface area contributed by atoms with Gasteiger partial charge in [-0.1, -0.05) is 6.92 Å². The van der Waals surface area contributed by atoms with Crippen LogP contribution in [-0.2, 0) is 4.79 Å². The van der Waals surface area contributed by atoms with Gasteiger partial charge in [-0.15, -0.1) is 0 Å².